The van der Waals surface area contributed by atoms with Crippen LogP contribution in [0, 0.1) is 5.41 Å². The fourth-order valence-electron chi connectivity index (χ4n) is 1.81. The number of nitrogens with two attached hydrogens (primary N) is 1. The van der Waals surface area contributed by atoms with E-state index in [1.807, 2.05) is 11.8 Å². The maximum Gasteiger partial charge on any atom is 0.522 e. The molecule has 0 aliphatic carbocycles. The molecule has 0 aromatic carbocycles. The highest BCUT2D eigenvalue weighted by Crippen LogP contribution is 2.31. The number of hydrogen-bond donors (Lipinski definition) is 1. The number of halogens is 3. The Bertz CT molecular complexity index is 275. The minimum absolute atomic E-state index is 0.156. The van der Waals surface area contributed by atoms with Crippen LogP contribution < -0.4 is 5.73 Å². The lowest BCUT2D eigenvalue weighted by molar-refractivity contribution is -0.325. The molecule has 0 saturated carbocycles. The van der Waals surface area contributed by atoms with Crippen LogP contribution in [-0.4, -0.2) is 42.5 Å². The third kappa shape index (κ3) is 4.77. The summed E-state index contributed by atoms with van der Waals surface area (Å²) in [5.74, 6) is 0. The summed E-state index contributed by atoms with van der Waals surface area (Å²) < 4.78 is 39.0. The maximum atomic E-state index is 11.8. The van der Waals surface area contributed by atoms with Crippen molar-refractivity contribution >= 4 is 17.2 Å². The van der Waals surface area contributed by atoms with Gasteiger partial charge >= 0.3 is 6.36 Å². The normalized spacial score (nSPS) is 21.4. The number of alkyl halides is 3. The quantitative estimate of drug-likeness (QED) is 0.792. The lowest BCUT2D eigenvalue weighted by atomic mass is 9.80. The van der Waals surface area contributed by atoms with Crippen LogP contribution >= 0.6 is 12.2 Å². The average molecular weight is 270 g/mol. The molecule has 0 unspecified atom stereocenters. The number of hydrogen-bond acceptors (Lipinski definition) is 3. The predicted molar refractivity (Wildman–Crippen MR) is 62.6 cm³/mol. The van der Waals surface area contributed by atoms with Gasteiger partial charge in [0.1, 0.15) is 0 Å². The van der Waals surface area contributed by atoms with Crippen LogP contribution in [0.15, 0.2) is 0 Å². The Morgan fingerprint density at radius 2 is 1.94 bits per heavy atom. The molecule has 0 amide bonds. The molecule has 0 aromatic rings. The van der Waals surface area contributed by atoms with Crippen molar-refractivity contribution in [2.24, 2.45) is 11.1 Å². The van der Waals surface area contributed by atoms with Gasteiger partial charge in [-0.15, -0.1) is 13.2 Å². The molecule has 17 heavy (non-hydrogen) atoms. The second kappa shape index (κ2) is 5.49. The first-order valence-corrected chi connectivity index (χ1v) is 5.87. The van der Waals surface area contributed by atoms with E-state index in [0.29, 0.717) is 18.1 Å². The minimum Gasteiger partial charge on any atom is -0.393 e. The summed E-state index contributed by atoms with van der Waals surface area (Å²) in [5.41, 5.74) is 5.49. The first-order valence-electron chi connectivity index (χ1n) is 5.46. The van der Waals surface area contributed by atoms with Crippen LogP contribution in [0.5, 0.6) is 0 Å². The lowest BCUT2D eigenvalue weighted by Crippen LogP contribution is -2.45. The van der Waals surface area contributed by atoms with Crippen molar-refractivity contribution in [3.8, 4) is 0 Å². The topological polar surface area (TPSA) is 38.5 Å². The molecule has 100 valence electrons. The largest absolute Gasteiger partial charge is 0.522 e. The molecule has 1 rings (SSSR count). The molecule has 7 heteroatoms. The SMILES string of the molecule is CC1(C(N)=S)CCN(CCOC(F)(F)F)CC1. The van der Waals surface area contributed by atoms with Crippen LogP contribution in [0.4, 0.5) is 13.2 Å². The first-order chi connectivity index (χ1) is 7.73. The van der Waals surface area contributed by atoms with Gasteiger partial charge in [0.2, 0.25) is 0 Å². The molecular formula is C10H17F3N2OS. The second-order valence-electron chi connectivity index (χ2n) is 4.56. The predicted octanol–water partition coefficient (Wildman–Crippen LogP) is 1.91. The highest BCUT2D eigenvalue weighted by Gasteiger charge is 2.33. The van der Waals surface area contributed by atoms with Gasteiger partial charge in [-0.3, -0.25) is 4.74 Å². The van der Waals surface area contributed by atoms with Gasteiger partial charge in [0, 0.05) is 12.0 Å². The van der Waals surface area contributed by atoms with E-state index < -0.39 is 6.36 Å². The van der Waals surface area contributed by atoms with Crippen LogP contribution in [0.1, 0.15) is 19.8 Å². The zero-order valence-corrected chi connectivity index (χ0v) is 10.5. The highest BCUT2D eigenvalue weighted by molar-refractivity contribution is 7.80. The second-order valence-corrected chi connectivity index (χ2v) is 5.00. The minimum atomic E-state index is -4.54. The smallest absolute Gasteiger partial charge is 0.393 e. The van der Waals surface area contributed by atoms with Crippen molar-refractivity contribution in [1.29, 1.82) is 0 Å². The molecule has 0 radical (unpaired) electrons. The molecular weight excluding hydrogens is 253 g/mol. The number of nitrogens with zero attached hydrogens (tertiary/aromatic N) is 1. The maximum absolute atomic E-state index is 11.8. The monoisotopic (exact) mass is 270 g/mol. The van der Waals surface area contributed by atoms with Crippen molar-refractivity contribution in [3.05, 3.63) is 0 Å². The van der Waals surface area contributed by atoms with Crippen LogP contribution in [-0.2, 0) is 4.74 Å². The molecule has 3 nitrogen and oxygen atoms in total. The van der Waals surface area contributed by atoms with Gasteiger partial charge < -0.3 is 10.6 Å². The molecule has 1 saturated heterocycles. The van der Waals surface area contributed by atoms with Gasteiger partial charge in [-0.2, -0.15) is 0 Å². The fraction of sp³-hybridized carbons (Fsp3) is 0.900. The van der Waals surface area contributed by atoms with Gasteiger partial charge in [-0.05, 0) is 25.9 Å². The summed E-state index contributed by atoms with van der Waals surface area (Å²) in [4.78, 5) is 2.43. The zero-order chi connectivity index (χ0) is 13.1. The number of ether oxygens (including phenoxy) is 1. The highest BCUT2D eigenvalue weighted by atomic mass is 32.1. The Kier molecular flexibility index (Phi) is 4.74. The van der Waals surface area contributed by atoms with Gasteiger partial charge in [0.15, 0.2) is 0 Å². The van der Waals surface area contributed by atoms with E-state index in [2.05, 4.69) is 4.74 Å². The van der Waals surface area contributed by atoms with E-state index in [-0.39, 0.29) is 18.6 Å². The Hall–Kier alpha value is -0.400. The summed E-state index contributed by atoms with van der Waals surface area (Å²) >= 11 is 4.99. The van der Waals surface area contributed by atoms with Crippen LogP contribution in [0.3, 0.4) is 0 Å². The van der Waals surface area contributed by atoms with E-state index in [4.69, 9.17) is 18.0 Å². The van der Waals surface area contributed by atoms with Crippen molar-refractivity contribution in [2.45, 2.75) is 26.1 Å². The van der Waals surface area contributed by atoms with Gasteiger partial charge in [-0.25, -0.2) is 0 Å². The Labute approximate surface area is 104 Å². The van der Waals surface area contributed by atoms with Gasteiger partial charge in [-0.1, -0.05) is 19.1 Å². The molecule has 1 fully saturated rings. The fourth-order valence-corrected chi connectivity index (χ4v) is 2.01. The van der Waals surface area contributed by atoms with Crippen LogP contribution in [0.2, 0.25) is 0 Å². The third-order valence-corrected chi connectivity index (χ3v) is 3.72. The van der Waals surface area contributed by atoms with Gasteiger partial charge in [0.05, 0.1) is 11.6 Å². The average Bonchev–Trinajstić information content (AvgIpc) is 2.19. The Balaban J connectivity index is 2.26. The number of piperidine rings is 1. The summed E-state index contributed by atoms with van der Waals surface area (Å²) in [5, 5.41) is 0. The van der Waals surface area contributed by atoms with E-state index >= 15 is 0 Å². The van der Waals surface area contributed by atoms with E-state index in [9.17, 15) is 13.2 Å². The summed E-state index contributed by atoms with van der Waals surface area (Å²) in [7, 11) is 0. The molecule has 0 spiro atoms. The molecule has 0 atom stereocenters. The molecule has 0 bridgehead atoms. The van der Waals surface area contributed by atoms with Crippen molar-refractivity contribution in [2.75, 3.05) is 26.2 Å². The number of thiocarbonyl (C=S) groups is 1. The van der Waals surface area contributed by atoms with Crippen molar-refractivity contribution < 1.29 is 17.9 Å². The summed E-state index contributed by atoms with van der Waals surface area (Å²) in [6.07, 6.45) is -2.97. The lowest BCUT2D eigenvalue weighted by Gasteiger charge is -2.38. The van der Waals surface area contributed by atoms with Crippen molar-refractivity contribution in [3.63, 3.8) is 0 Å². The third-order valence-electron chi connectivity index (χ3n) is 3.23. The van der Waals surface area contributed by atoms with Crippen LogP contribution in [0.25, 0.3) is 0 Å². The summed E-state index contributed by atoms with van der Waals surface area (Å²) in [6, 6.07) is 0. The molecule has 0 aromatic heterocycles. The van der Waals surface area contributed by atoms with Gasteiger partial charge in [0.25, 0.3) is 0 Å². The number of rotatable bonds is 4. The Morgan fingerprint density at radius 1 is 1.41 bits per heavy atom. The summed E-state index contributed by atoms with van der Waals surface area (Å²) in [6.45, 7) is 3.36. The zero-order valence-electron chi connectivity index (χ0n) is 9.72. The molecule has 2 N–H and O–H groups in total. The standard InChI is InChI=1S/C10H17F3N2OS/c1-9(8(14)17)2-4-15(5-3-9)6-7-16-10(11,12)13/h2-7H2,1H3,(H2,14,17). The van der Waals surface area contributed by atoms with Crippen molar-refractivity contribution in [1.82, 2.24) is 4.90 Å². The molecule has 1 aliphatic rings. The molecule has 1 aliphatic heterocycles. The molecule has 1 heterocycles. The van der Waals surface area contributed by atoms with E-state index in [1.165, 1.54) is 0 Å². The van der Waals surface area contributed by atoms with E-state index in [0.717, 1.165) is 12.8 Å². The number of likely N-dealkylation sites (tertiary alicyclic amines) is 1. The Morgan fingerprint density at radius 3 is 2.35 bits per heavy atom. The van der Waals surface area contributed by atoms with E-state index in [1.54, 1.807) is 0 Å². The first kappa shape index (κ1) is 14.7.